The smallest absolute Gasteiger partial charge is 0.243 e. The molecule has 20 heavy (non-hydrogen) atoms. The zero-order valence-electron chi connectivity index (χ0n) is 11.7. The molecule has 3 N–H and O–H groups in total. The zero-order valence-corrected chi connectivity index (χ0v) is 13.3. The average Bonchev–Trinajstić information content (AvgIpc) is 2.37. The number of hydrogen-bond donors (Lipinski definition) is 2. The Morgan fingerprint density at radius 2 is 1.85 bits per heavy atom. The number of aryl methyl sites for hydroxylation is 1. The third-order valence-corrected chi connectivity index (χ3v) is 6.79. The predicted molar refractivity (Wildman–Crippen MR) is 81.5 cm³/mol. The standard InChI is InChI=1S/C13H20N2O3S2/c1-9-3-4-12(14)13(10(9)2)20(17,18)15-11-5-7-19(16)8-6-11/h3-4,11,15H,5-8,14H2,1-2H3. The summed E-state index contributed by atoms with van der Waals surface area (Å²) in [4.78, 5) is 0.171. The van der Waals surface area contributed by atoms with Crippen LogP contribution in [0.2, 0.25) is 0 Å². The van der Waals surface area contributed by atoms with Crippen molar-refractivity contribution in [3.63, 3.8) is 0 Å². The van der Waals surface area contributed by atoms with Crippen LogP contribution in [0.25, 0.3) is 0 Å². The molecule has 0 spiro atoms. The van der Waals surface area contributed by atoms with Gasteiger partial charge < -0.3 is 5.73 Å². The molecular weight excluding hydrogens is 296 g/mol. The number of rotatable bonds is 3. The zero-order chi connectivity index (χ0) is 14.9. The van der Waals surface area contributed by atoms with Crippen LogP contribution in [0.1, 0.15) is 24.0 Å². The molecule has 0 radical (unpaired) electrons. The van der Waals surface area contributed by atoms with Crippen LogP contribution in [0, 0.1) is 13.8 Å². The van der Waals surface area contributed by atoms with Crippen molar-refractivity contribution in [2.45, 2.75) is 37.6 Å². The predicted octanol–water partition coefficient (Wildman–Crippen LogP) is 1.08. The molecule has 0 bridgehead atoms. The number of anilines is 1. The largest absolute Gasteiger partial charge is 0.398 e. The summed E-state index contributed by atoms with van der Waals surface area (Å²) in [7, 11) is -4.44. The fourth-order valence-electron chi connectivity index (χ4n) is 2.36. The lowest BCUT2D eigenvalue weighted by Crippen LogP contribution is -2.40. The first-order valence-electron chi connectivity index (χ1n) is 6.54. The van der Waals surface area contributed by atoms with Gasteiger partial charge in [0.05, 0.1) is 5.69 Å². The molecule has 112 valence electrons. The van der Waals surface area contributed by atoms with Crippen LogP contribution in [0.15, 0.2) is 17.0 Å². The molecule has 1 aromatic carbocycles. The van der Waals surface area contributed by atoms with Gasteiger partial charge in [-0.05, 0) is 43.9 Å². The number of benzene rings is 1. The Morgan fingerprint density at radius 3 is 2.45 bits per heavy atom. The van der Waals surface area contributed by atoms with Gasteiger partial charge in [-0.2, -0.15) is 0 Å². The summed E-state index contributed by atoms with van der Waals surface area (Å²) < 4.78 is 39.0. The van der Waals surface area contributed by atoms with E-state index in [2.05, 4.69) is 4.72 Å². The van der Waals surface area contributed by atoms with E-state index < -0.39 is 20.8 Å². The van der Waals surface area contributed by atoms with Gasteiger partial charge >= 0.3 is 0 Å². The highest BCUT2D eigenvalue weighted by Crippen LogP contribution is 2.26. The number of sulfonamides is 1. The normalized spacial score (nSPS) is 23.7. The number of nitrogen functional groups attached to an aromatic ring is 1. The number of hydrogen-bond acceptors (Lipinski definition) is 4. The lowest BCUT2D eigenvalue weighted by atomic mass is 10.1. The molecule has 0 aromatic heterocycles. The van der Waals surface area contributed by atoms with E-state index in [0.29, 0.717) is 29.9 Å². The van der Waals surface area contributed by atoms with Gasteiger partial charge in [0.1, 0.15) is 4.90 Å². The van der Waals surface area contributed by atoms with Gasteiger partial charge in [0, 0.05) is 28.3 Å². The molecule has 1 aliphatic heterocycles. The van der Waals surface area contributed by atoms with E-state index in [0.717, 1.165) is 5.56 Å². The molecule has 1 aliphatic rings. The monoisotopic (exact) mass is 316 g/mol. The quantitative estimate of drug-likeness (QED) is 0.817. The Balaban J connectivity index is 2.27. The number of nitrogens with two attached hydrogens (primary N) is 1. The molecular formula is C13H20N2O3S2. The maximum Gasteiger partial charge on any atom is 0.243 e. The number of nitrogens with one attached hydrogen (secondary N) is 1. The lowest BCUT2D eigenvalue weighted by molar-refractivity contribution is 0.521. The van der Waals surface area contributed by atoms with Gasteiger partial charge in [-0.3, -0.25) is 4.21 Å². The summed E-state index contributed by atoms with van der Waals surface area (Å²) >= 11 is 0. The molecule has 1 fully saturated rings. The lowest BCUT2D eigenvalue weighted by Gasteiger charge is -2.23. The molecule has 0 saturated carbocycles. The first-order chi connectivity index (χ1) is 9.31. The van der Waals surface area contributed by atoms with E-state index >= 15 is 0 Å². The highest BCUT2D eigenvalue weighted by atomic mass is 32.2. The molecule has 0 amide bonds. The van der Waals surface area contributed by atoms with Gasteiger partial charge in [-0.25, -0.2) is 13.1 Å². The highest BCUT2D eigenvalue weighted by molar-refractivity contribution is 7.89. The van der Waals surface area contributed by atoms with E-state index in [1.165, 1.54) is 0 Å². The van der Waals surface area contributed by atoms with E-state index in [4.69, 9.17) is 5.73 Å². The molecule has 7 heteroatoms. The van der Waals surface area contributed by atoms with Crippen molar-refractivity contribution >= 4 is 26.5 Å². The molecule has 0 atom stereocenters. The Labute approximate surface area is 122 Å². The summed E-state index contributed by atoms with van der Waals surface area (Å²) in [6.45, 7) is 3.62. The minimum Gasteiger partial charge on any atom is -0.398 e. The van der Waals surface area contributed by atoms with Crippen LogP contribution < -0.4 is 10.5 Å². The minimum absolute atomic E-state index is 0.156. The van der Waals surface area contributed by atoms with Crippen molar-refractivity contribution in [3.05, 3.63) is 23.3 Å². The average molecular weight is 316 g/mol. The van der Waals surface area contributed by atoms with Gasteiger partial charge in [-0.1, -0.05) is 6.07 Å². The van der Waals surface area contributed by atoms with Crippen molar-refractivity contribution in [1.29, 1.82) is 0 Å². The topological polar surface area (TPSA) is 89.3 Å². The van der Waals surface area contributed by atoms with Crippen LogP contribution >= 0.6 is 0 Å². The van der Waals surface area contributed by atoms with Crippen molar-refractivity contribution in [2.24, 2.45) is 0 Å². The van der Waals surface area contributed by atoms with Crippen LogP contribution in [0.5, 0.6) is 0 Å². The van der Waals surface area contributed by atoms with Crippen LogP contribution in [-0.2, 0) is 20.8 Å². The summed E-state index contributed by atoms with van der Waals surface area (Å²) in [6, 6.07) is 3.28. The van der Waals surface area contributed by atoms with Crippen LogP contribution in [0.4, 0.5) is 5.69 Å². The fourth-order valence-corrected chi connectivity index (χ4v) is 5.39. The molecule has 5 nitrogen and oxygen atoms in total. The Kier molecular flexibility index (Phi) is 4.51. The second kappa shape index (κ2) is 5.83. The Hall–Kier alpha value is -0.920. The van der Waals surface area contributed by atoms with Gasteiger partial charge in [0.25, 0.3) is 0 Å². The van der Waals surface area contributed by atoms with E-state index in [1.807, 2.05) is 13.0 Å². The maximum absolute atomic E-state index is 12.5. The van der Waals surface area contributed by atoms with Crippen LogP contribution in [-0.4, -0.2) is 30.2 Å². The molecule has 0 unspecified atom stereocenters. The highest BCUT2D eigenvalue weighted by Gasteiger charge is 2.27. The molecule has 1 saturated heterocycles. The summed E-state index contributed by atoms with van der Waals surface area (Å²) in [5, 5.41) is 0. The first-order valence-corrected chi connectivity index (χ1v) is 9.51. The van der Waals surface area contributed by atoms with Gasteiger partial charge in [-0.15, -0.1) is 0 Å². The third kappa shape index (κ3) is 3.21. The van der Waals surface area contributed by atoms with Crippen molar-refractivity contribution in [2.75, 3.05) is 17.2 Å². The Morgan fingerprint density at radius 1 is 1.25 bits per heavy atom. The van der Waals surface area contributed by atoms with Gasteiger partial charge in [0.2, 0.25) is 10.0 Å². The summed E-state index contributed by atoms with van der Waals surface area (Å²) in [5.74, 6) is 1.10. The van der Waals surface area contributed by atoms with Crippen LogP contribution in [0.3, 0.4) is 0 Å². The molecule has 1 heterocycles. The second-order valence-electron chi connectivity index (χ2n) is 5.17. The fraction of sp³-hybridized carbons (Fsp3) is 0.538. The molecule has 1 aromatic rings. The SMILES string of the molecule is Cc1ccc(N)c(S(=O)(=O)NC2CCS(=O)CC2)c1C. The molecule has 2 rings (SSSR count). The van der Waals surface area contributed by atoms with Crippen molar-refractivity contribution in [3.8, 4) is 0 Å². The Bertz CT molecular complexity index is 631. The van der Waals surface area contributed by atoms with Crippen molar-refractivity contribution in [1.82, 2.24) is 4.72 Å². The first kappa shape index (κ1) is 15.5. The summed E-state index contributed by atoms with van der Waals surface area (Å²) in [5.41, 5.74) is 7.67. The third-order valence-electron chi connectivity index (χ3n) is 3.69. The van der Waals surface area contributed by atoms with E-state index in [9.17, 15) is 12.6 Å². The van der Waals surface area contributed by atoms with E-state index in [1.54, 1.807) is 13.0 Å². The maximum atomic E-state index is 12.5. The van der Waals surface area contributed by atoms with Gasteiger partial charge in [0.15, 0.2) is 0 Å². The molecule has 0 aliphatic carbocycles. The summed E-state index contributed by atoms with van der Waals surface area (Å²) in [6.07, 6.45) is 1.22. The minimum atomic E-state index is -3.64. The van der Waals surface area contributed by atoms with Crippen molar-refractivity contribution < 1.29 is 12.6 Å². The van der Waals surface area contributed by atoms with E-state index in [-0.39, 0.29) is 16.6 Å². The second-order valence-corrected chi connectivity index (χ2v) is 8.52.